The molecule has 28 heavy (non-hydrogen) atoms. The molecule has 0 bridgehead atoms. The second kappa shape index (κ2) is 10.4. The van der Waals surface area contributed by atoms with Gasteiger partial charge in [-0.05, 0) is 50.5 Å². The summed E-state index contributed by atoms with van der Waals surface area (Å²) >= 11 is 0. The topological polar surface area (TPSA) is 89.2 Å². The Hall–Kier alpha value is -3.01. The van der Waals surface area contributed by atoms with Crippen LogP contribution in [0.3, 0.4) is 0 Å². The number of carbonyl (C=O) groups is 1. The van der Waals surface area contributed by atoms with Crippen LogP contribution in [0.2, 0.25) is 0 Å². The van der Waals surface area contributed by atoms with E-state index in [4.69, 9.17) is 14.7 Å². The minimum Gasteiger partial charge on any atom is -0.493 e. The predicted octanol–water partition coefficient (Wildman–Crippen LogP) is 3.07. The number of carbonyl (C=O) groups excluding carboxylic acids is 1. The van der Waals surface area contributed by atoms with Gasteiger partial charge in [0.1, 0.15) is 0 Å². The van der Waals surface area contributed by atoms with Crippen molar-refractivity contribution >= 4 is 5.91 Å². The maximum absolute atomic E-state index is 12.3. The molecule has 1 amide bonds. The standard InChI is InChI=1S/C21H28N4O3/c1-5-28-19-9-7-17(13-20(19)27-4)14-23-21(26)10-8-18-15(2)24-25(16(18)3)12-6-11-22/h7,9,13H,5-6,8,10,12,14H2,1-4H3,(H,23,26). The minimum atomic E-state index is -0.0172. The van der Waals surface area contributed by atoms with Crippen LogP contribution in [0.15, 0.2) is 18.2 Å². The molecule has 7 nitrogen and oxygen atoms in total. The van der Waals surface area contributed by atoms with Gasteiger partial charge in [0, 0.05) is 18.7 Å². The molecule has 0 aliphatic rings. The third kappa shape index (κ3) is 5.49. The van der Waals surface area contributed by atoms with Crippen LogP contribution in [0, 0.1) is 25.2 Å². The number of hydrogen-bond donors (Lipinski definition) is 1. The SMILES string of the molecule is CCOc1ccc(CNC(=O)CCc2c(C)nn(CCC#N)c2C)cc1OC. The van der Waals surface area contributed by atoms with Crippen LogP contribution in [-0.4, -0.2) is 29.4 Å². The van der Waals surface area contributed by atoms with E-state index in [0.717, 1.165) is 22.5 Å². The number of amides is 1. The molecule has 1 heterocycles. The number of hydrogen-bond acceptors (Lipinski definition) is 5. The molecule has 1 N–H and O–H groups in total. The first-order valence-corrected chi connectivity index (χ1v) is 9.46. The molecular formula is C21H28N4O3. The lowest BCUT2D eigenvalue weighted by molar-refractivity contribution is -0.121. The summed E-state index contributed by atoms with van der Waals surface area (Å²) < 4.78 is 12.7. The van der Waals surface area contributed by atoms with Crippen molar-refractivity contribution in [2.75, 3.05) is 13.7 Å². The molecule has 0 aliphatic heterocycles. The molecule has 150 valence electrons. The summed E-state index contributed by atoms with van der Waals surface area (Å²) in [7, 11) is 1.60. The molecule has 2 rings (SSSR count). The highest BCUT2D eigenvalue weighted by Crippen LogP contribution is 2.28. The predicted molar refractivity (Wildman–Crippen MR) is 106 cm³/mol. The lowest BCUT2D eigenvalue weighted by atomic mass is 10.1. The van der Waals surface area contributed by atoms with Gasteiger partial charge in [0.05, 0.1) is 38.4 Å². The Bertz CT molecular complexity index is 852. The maximum Gasteiger partial charge on any atom is 0.220 e. The Morgan fingerprint density at radius 2 is 2.11 bits per heavy atom. The zero-order valence-electron chi connectivity index (χ0n) is 17.0. The fraction of sp³-hybridized carbons (Fsp3) is 0.476. The van der Waals surface area contributed by atoms with E-state index in [0.29, 0.717) is 50.5 Å². The van der Waals surface area contributed by atoms with Gasteiger partial charge in [-0.2, -0.15) is 10.4 Å². The summed E-state index contributed by atoms with van der Waals surface area (Å²) in [6.45, 7) is 7.42. The van der Waals surface area contributed by atoms with Gasteiger partial charge >= 0.3 is 0 Å². The van der Waals surface area contributed by atoms with Gasteiger partial charge in [0.15, 0.2) is 11.5 Å². The van der Waals surface area contributed by atoms with Gasteiger partial charge < -0.3 is 14.8 Å². The van der Waals surface area contributed by atoms with Crippen LogP contribution in [0.4, 0.5) is 0 Å². The first-order chi connectivity index (χ1) is 13.5. The Labute approximate surface area is 166 Å². The summed E-state index contributed by atoms with van der Waals surface area (Å²) in [5, 5.41) is 16.2. The molecule has 0 spiro atoms. The molecule has 2 aromatic rings. The Morgan fingerprint density at radius 3 is 2.79 bits per heavy atom. The van der Waals surface area contributed by atoms with Gasteiger partial charge in [0.25, 0.3) is 0 Å². The van der Waals surface area contributed by atoms with Gasteiger partial charge in [-0.1, -0.05) is 6.07 Å². The highest BCUT2D eigenvalue weighted by atomic mass is 16.5. The number of aromatic nitrogens is 2. The van der Waals surface area contributed by atoms with Crippen molar-refractivity contribution in [1.82, 2.24) is 15.1 Å². The van der Waals surface area contributed by atoms with Gasteiger partial charge in [-0.3, -0.25) is 9.48 Å². The number of aryl methyl sites for hydroxylation is 2. The van der Waals surface area contributed by atoms with Crippen molar-refractivity contribution < 1.29 is 14.3 Å². The zero-order chi connectivity index (χ0) is 20.5. The van der Waals surface area contributed by atoms with E-state index in [1.165, 1.54) is 0 Å². The minimum absolute atomic E-state index is 0.0172. The Balaban J connectivity index is 1.90. The maximum atomic E-state index is 12.3. The number of ether oxygens (including phenoxy) is 2. The van der Waals surface area contributed by atoms with E-state index in [-0.39, 0.29) is 5.91 Å². The van der Waals surface area contributed by atoms with E-state index in [1.807, 2.05) is 43.7 Å². The molecule has 7 heteroatoms. The second-order valence-corrected chi connectivity index (χ2v) is 6.48. The van der Waals surface area contributed by atoms with Crippen LogP contribution < -0.4 is 14.8 Å². The number of nitrogens with zero attached hydrogens (tertiary/aromatic N) is 3. The third-order valence-corrected chi connectivity index (χ3v) is 4.59. The molecule has 0 atom stereocenters. The molecule has 0 fully saturated rings. The number of methoxy groups -OCH3 is 1. The number of rotatable bonds is 10. The largest absolute Gasteiger partial charge is 0.493 e. The van der Waals surface area contributed by atoms with E-state index in [2.05, 4.69) is 16.5 Å². The zero-order valence-corrected chi connectivity index (χ0v) is 17.0. The lowest BCUT2D eigenvalue weighted by Crippen LogP contribution is -2.23. The van der Waals surface area contributed by atoms with Gasteiger partial charge in [-0.15, -0.1) is 0 Å². The third-order valence-electron chi connectivity index (χ3n) is 4.59. The summed E-state index contributed by atoms with van der Waals surface area (Å²) in [6, 6.07) is 7.78. The van der Waals surface area contributed by atoms with Crippen molar-refractivity contribution in [3.63, 3.8) is 0 Å². The quantitative estimate of drug-likeness (QED) is 0.680. The number of nitriles is 1. The van der Waals surface area contributed by atoms with Crippen LogP contribution >= 0.6 is 0 Å². The molecule has 0 radical (unpaired) electrons. The van der Waals surface area contributed by atoms with Crippen LogP contribution in [0.1, 0.15) is 42.3 Å². The number of nitrogens with one attached hydrogen (secondary N) is 1. The first kappa shape index (κ1) is 21.3. The highest BCUT2D eigenvalue weighted by Gasteiger charge is 2.13. The van der Waals surface area contributed by atoms with E-state index in [1.54, 1.807) is 7.11 Å². The molecule has 0 unspecified atom stereocenters. The summed E-state index contributed by atoms with van der Waals surface area (Å²) in [4.78, 5) is 12.3. The Kier molecular flexibility index (Phi) is 7.88. The van der Waals surface area contributed by atoms with Gasteiger partial charge in [-0.25, -0.2) is 0 Å². The van der Waals surface area contributed by atoms with E-state index >= 15 is 0 Å². The van der Waals surface area contributed by atoms with E-state index in [9.17, 15) is 4.79 Å². The van der Waals surface area contributed by atoms with Gasteiger partial charge in [0.2, 0.25) is 5.91 Å². The Morgan fingerprint density at radius 1 is 1.32 bits per heavy atom. The van der Waals surface area contributed by atoms with Crippen LogP contribution in [-0.2, 0) is 24.3 Å². The lowest BCUT2D eigenvalue weighted by Gasteiger charge is -2.11. The van der Waals surface area contributed by atoms with Crippen molar-refractivity contribution in [2.45, 2.75) is 53.1 Å². The second-order valence-electron chi connectivity index (χ2n) is 6.48. The van der Waals surface area contributed by atoms with Crippen molar-refractivity contribution in [3.8, 4) is 17.6 Å². The normalized spacial score (nSPS) is 10.4. The van der Waals surface area contributed by atoms with Crippen molar-refractivity contribution in [1.29, 1.82) is 5.26 Å². The first-order valence-electron chi connectivity index (χ1n) is 9.46. The van der Waals surface area contributed by atoms with E-state index < -0.39 is 0 Å². The monoisotopic (exact) mass is 384 g/mol. The average Bonchev–Trinajstić information content (AvgIpc) is 2.96. The molecule has 1 aromatic carbocycles. The highest BCUT2D eigenvalue weighted by molar-refractivity contribution is 5.76. The molecule has 0 aliphatic carbocycles. The van der Waals surface area contributed by atoms with Crippen LogP contribution in [0.25, 0.3) is 0 Å². The molecular weight excluding hydrogens is 356 g/mol. The summed E-state index contributed by atoms with van der Waals surface area (Å²) in [5.74, 6) is 1.33. The summed E-state index contributed by atoms with van der Waals surface area (Å²) in [6.07, 6.45) is 1.44. The van der Waals surface area contributed by atoms with Crippen molar-refractivity contribution in [2.24, 2.45) is 0 Å². The average molecular weight is 384 g/mol. The van der Waals surface area contributed by atoms with Crippen molar-refractivity contribution in [3.05, 3.63) is 40.7 Å². The summed E-state index contributed by atoms with van der Waals surface area (Å²) in [5.41, 5.74) is 3.97. The number of benzene rings is 1. The smallest absolute Gasteiger partial charge is 0.220 e. The fourth-order valence-electron chi connectivity index (χ4n) is 3.09. The van der Waals surface area contributed by atoms with Crippen LogP contribution in [0.5, 0.6) is 11.5 Å². The molecule has 1 aromatic heterocycles. The molecule has 0 saturated heterocycles. The fourth-order valence-corrected chi connectivity index (χ4v) is 3.09. The molecule has 0 saturated carbocycles.